The summed E-state index contributed by atoms with van der Waals surface area (Å²) in [6.45, 7) is 4.60. The Morgan fingerprint density at radius 3 is 2.67 bits per heavy atom. The highest BCUT2D eigenvalue weighted by Gasteiger charge is 2.21. The van der Waals surface area contributed by atoms with Crippen LogP contribution in [0, 0.1) is 5.92 Å². The van der Waals surface area contributed by atoms with Crippen molar-refractivity contribution in [3.05, 3.63) is 0 Å². The van der Waals surface area contributed by atoms with E-state index in [0.29, 0.717) is 6.04 Å². The van der Waals surface area contributed by atoms with E-state index in [4.69, 9.17) is 5.11 Å². The van der Waals surface area contributed by atoms with Crippen LogP contribution in [-0.2, 0) is 0 Å². The summed E-state index contributed by atoms with van der Waals surface area (Å²) in [6, 6.07) is 0.899. The molecular formula is C10H21NO. The van der Waals surface area contributed by atoms with Gasteiger partial charge in [0.05, 0.1) is 6.61 Å². The molecule has 2 heteroatoms. The zero-order chi connectivity index (χ0) is 8.97. The third-order valence-corrected chi connectivity index (χ3v) is 2.88. The molecule has 2 nitrogen and oxygen atoms in total. The lowest BCUT2D eigenvalue weighted by atomic mass is 9.85. The van der Waals surface area contributed by atoms with Gasteiger partial charge in [-0.25, -0.2) is 0 Å². The summed E-state index contributed by atoms with van der Waals surface area (Å²) in [6.07, 6.45) is 5.36. The van der Waals surface area contributed by atoms with Gasteiger partial charge in [-0.05, 0) is 25.7 Å². The molecule has 0 aromatic heterocycles. The molecule has 1 aliphatic carbocycles. The van der Waals surface area contributed by atoms with Crippen LogP contribution in [0.1, 0.15) is 39.5 Å². The summed E-state index contributed by atoms with van der Waals surface area (Å²) in [5.74, 6) is 0.785. The molecule has 1 fully saturated rings. The molecule has 0 unspecified atom stereocenters. The van der Waals surface area contributed by atoms with Gasteiger partial charge in [0, 0.05) is 12.1 Å². The lowest BCUT2D eigenvalue weighted by molar-refractivity contribution is 0.204. The quantitative estimate of drug-likeness (QED) is 0.675. The first-order valence-electron chi connectivity index (χ1n) is 5.11. The Kier molecular flexibility index (Phi) is 4.02. The van der Waals surface area contributed by atoms with Crippen molar-refractivity contribution >= 4 is 0 Å². The summed E-state index contributed by atoms with van der Waals surface area (Å²) < 4.78 is 0. The first kappa shape index (κ1) is 10.0. The average Bonchev–Trinajstić information content (AvgIpc) is 2.09. The molecule has 0 saturated heterocycles. The Bertz CT molecular complexity index is 127. The van der Waals surface area contributed by atoms with E-state index in [0.717, 1.165) is 5.92 Å². The largest absolute Gasteiger partial charge is 0.395 e. The molecule has 72 valence electrons. The SMILES string of the molecule is C[C@@H]1CCCC[C@@H]1N[C@@H](C)CO. The Morgan fingerprint density at radius 2 is 2.08 bits per heavy atom. The summed E-state index contributed by atoms with van der Waals surface area (Å²) in [5.41, 5.74) is 0. The second-order valence-electron chi connectivity index (χ2n) is 4.12. The lowest BCUT2D eigenvalue weighted by Gasteiger charge is -2.31. The van der Waals surface area contributed by atoms with Gasteiger partial charge in [0.15, 0.2) is 0 Å². The van der Waals surface area contributed by atoms with E-state index in [9.17, 15) is 0 Å². The fraction of sp³-hybridized carbons (Fsp3) is 1.00. The van der Waals surface area contributed by atoms with Crippen LogP contribution in [0.4, 0.5) is 0 Å². The van der Waals surface area contributed by atoms with Crippen LogP contribution in [0.5, 0.6) is 0 Å². The monoisotopic (exact) mass is 171 g/mol. The summed E-state index contributed by atoms with van der Waals surface area (Å²) >= 11 is 0. The van der Waals surface area contributed by atoms with Gasteiger partial charge in [0.1, 0.15) is 0 Å². The zero-order valence-electron chi connectivity index (χ0n) is 8.21. The van der Waals surface area contributed by atoms with Crippen LogP contribution in [0.15, 0.2) is 0 Å². The fourth-order valence-corrected chi connectivity index (χ4v) is 1.98. The molecule has 0 spiro atoms. The molecule has 0 radical (unpaired) electrons. The average molecular weight is 171 g/mol. The van der Waals surface area contributed by atoms with E-state index < -0.39 is 0 Å². The summed E-state index contributed by atoms with van der Waals surface area (Å²) in [4.78, 5) is 0. The predicted molar refractivity (Wildman–Crippen MR) is 51.1 cm³/mol. The summed E-state index contributed by atoms with van der Waals surface area (Å²) in [7, 11) is 0. The normalized spacial score (nSPS) is 33.2. The van der Waals surface area contributed by atoms with E-state index >= 15 is 0 Å². The number of aliphatic hydroxyl groups excluding tert-OH is 1. The maximum Gasteiger partial charge on any atom is 0.0582 e. The Balaban J connectivity index is 2.28. The lowest BCUT2D eigenvalue weighted by Crippen LogP contribution is -2.43. The topological polar surface area (TPSA) is 32.3 Å². The molecule has 3 atom stereocenters. The molecule has 1 saturated carbocycles. The van der Waals surface area contributed by atoms with Crippen molar-refractivity contribution in [2.45, 2.75) is 51.6 Å². The van der Waals surface area contributed by atoms with Crippen molar-refractivity contribution < 1.29 is 5.11 Å². The molecular weight excluding hydrogens is 150 g/mol. The van der Waals surface area contributed by atoms with Crippen molar-refractivity contribution in [3.8, 4) is 0 Å². The number of rotatable bonds is 3. The number of hydrogen-bond acceptors (Lipinski definition) is 2. The van der Waals surface area contributed by atoms with Gasteiger partial charge < -0.3 is 10.4 Å². The van der Waals surface area contributed by atoms with Crippen molar-refractivity contribution in [3.63, 3.8) is 0 Å². The van der Waals surface area contributed by atoms with E-state index in [1.165, 1.54) is 25.7 Å². The van der Waals surface area contributed by atoms with Gasteiger partial charge in [0.25, 0.3) is 0 Å². The van der Waals surface area contributed by atoms with Crippen LogP contribution in [0.2, 0.25) is 0 Å². The van der Waals surface area contributed by atoms with Crippen molar-refractivity contribution in [2.24, 2.45) is 5.92 Å². The molecule has 0 heterocycles. The number of aliphatic hydroxyl groups is 1. The van der Waals surface area contributed by atoms with Crippen LogP contribution in [-0.4, -0.2) is 23.8 Å². The van der Waals surface area contributed by atoms with E-state index in [1.807, 2.05) is 6.92 Å². The van der Waals surface area contributed by atoms with Crippen molar-refractivity contribution in [1.29, 1.82) is 0 Å². The molecule has 0 aromatic rings. The minimum Gasteiger partial charge on any atom is -0.395 e. The third-order valence-electron chi connectivity index (χ3n) is 2.88. The van der Waals surface area contributed by atoms with Gasteiger partial charge in [-0.1, -0.05) is 19.8 Å². The van der Waals surface area contributed by atoms with Gasteiger partial charge in [0.2, 0.25) is 0 Å². The first-order chi connectivity index (χ1) is 5.74. The van der Waals surface area contributed by atoms with Crippen LogP contribution >= 0.6 is 0 Å². The van der Waals surface area contributed by atoms with Gasteiger partial charge in [-0.2, -0.15) is 0 Å². The second-order valence-corrected chi connectivity index (χ2v) is 4.12. The number of hydrogen-bond donors (Lipinski definition) is 2. The van der Waals surface area contributed by atoms with E-state index in [-0.39, 0.29) is 12.6 Å². The Hall–Kier alpha value is -0.0800. The van der Waals surface area contributed by atoms with Gasteiger partial charge in [-0.3, -0.25) is 0 Å². The molecule has 0 bridgehead atoms. The standard InChI is InChI=1S/C10H21NO/c1-8-5-3-4-6-10(8)11-9(2)7-12/h8-12H,3-7H2,1-2H3/t8-,9+,10+/m1/s1. The maximum atomic E-state index is 8.89. The van der Waals surface area contributed by atoms with Gasteiger partial charge >= 0.3 is 0 Å². The molecule has 0 amide bonds. The smallest absolute Gasteiger partial charge is 0.0582 e. The fourth-order valence-electron chi connectivity index (χ4n) is 1.98. The molecule has 12 heavy (non-hydrogen) atoms. The minimum absolute atomic E-state index is 0.253. The van der Waals surface area contributed by atoms with Crippen LogP contribution in [0.25, 0.3) is 0 Å². The van der Waals surface area contributed by atoms with E-state index in [1.54, 1.807) is 0 Å². The molecule has 2 N–H and O–H groups in total. The van der Waals surface area contributed by atoms with Crippen LogP contribution in [0.3, 0.4) is 0 Å². The second kappa shape index (κ2) is 4.83. The van der Waals surface area contributed by atoms with Crippen molar-refractivity contribution in [1.82, 2.24) is 5.32 Å². The summed E-state index contributed by atoms with van der Waals surface area (Å²) in [5, 5.41) is 12.4. The van der Waals surface area contributed by atoms with Crippen molar-refractivity contribution in [2.75, 3.05) is 6.61 Å². The zero-order valence-corrected chi connectivity index (χ0v) is 8.21. The molecule has 0 aliphatic heterocycles. The molecule has 0 aromatic carbocycles. The highest BCUT2D eigenvalue weighted by Crippen LogP contribution is 2.23. The predicted octanol–water partition coefficient (Wildman–Crippen LogP) is 1.54. The molecule has 1 rings (SSSR count). The van der Waals surface area contributed by atoms with Crippen LogP contribution < -0.4 is 5.32 Å². The molecule has 1 aliphatic rings. The minimum atomic E-state index is 0.253. The maximum absolute atomic E-state index is 8.89. The van der Waals surface area contributed by atoms with Gasteiger partial charge in [-0.15, -0.1) is 0 Å². The Labute approximate surface area is 75.4 Å². The highest BCUT2D eigenvalue weighted by molar-refractivity contribution is 4.79. The third kappa shape index (κ3) is 2.76. The van der Waals surface area contributed by atoms with E-state index in [2.05, 4.69) is 12.2 Å². The highest BCUT2D eigenvalue weighted by atomic mass is 16.3. The number of nitrogens with one attached hydrogen (secondary N) is 1. The Morgan fingerprint density at radius 1 is 1.42 bits per heavy atom. The first-order valence-corrected chi connectivity index (χ1v) is 5.11.